The number of carboxylic acid groups (broad SMARTS) is 1. The molecule has 0 heterocycles. The molecule has 1 fully saturated rings. The number of carbonyl (C=O) groups is 1. The number of carboxylic acids is 1. The van der Waals surface area contributed by atoms with Gasteiger partial charge in [0.2, 0.25) is 0 Å². The van der Waals surface area contributed by atoms with Crippen molar-refractivity contribution >= 4 is 17.6 Å². The van der Waals surface area contributed by atoms with Gasteiger partial charge in [0, 0.05) is 5.02 Å². The Bertz CT molecular complexity index is 473. The second kappa shape index (κ2) is 3.49. The maximum absolute atomic E-state index is 11.3. The largest absolute Gasteiger partial charge is 0.481 e. The van der Waals surface area contributed by atoms with Crippen LogP contribution in [0.5, 0.6) is 0 Å². The van der Waals surface area contributed by atoms with Gasteiger partial charge in [0.05, 0.1) is 5.41 Å². The predicted octanol–water partition coefficient (Wildman–Crippen LogP) is 3.38. The highest BCUT2D eigenvalue weighted by Crippen LogP contribution is 2.51. The fraction of sp³-hybridized carbons (Fsp3) is 0.462. The van der Waals surface area contributed by atoms with Crippen molar-refractivity contribution < 1.29 is 9.90 Å². The Balaban J connectivity index is 2.67. The summed E-state index contributed by atoms with van der Waals surface area (Å²) >= 11 is 6.20. The van der Waals surface area contributed by atoms with E-state index in [-0.39, 0.29) is 0 Å². The van der Waals surface area contributed by atoms with Crippen molar-refractivity contribution in [1.82, 2.24) is 0 Å². The minimum Gasteiger partial charge on any atom is -0.481 e. The minimum atomic E-state index is -0.724. The third-order valence-electron chi connectivity index (χ3n) is 3.52. The lowest BCUT2D eigenvalue weighted by molar-refractivity contribution is -0.140. The Kier molecular flexibility index (Phi) is 2.50. The van der Waals surface area contributed by atoms with Gasteiger partial charge < -0.3 is 5.11 Å². The molecule has 0 spiro atoms. The Hall–Kier alpha value is -1.02. The molecule has 0 bridgehead atoms. The van der Waals surface area contributed by atoms with E-state index < -0.39 is 11.4 Å². The molecule has 2 rings (SSSR count). The molecule has 1 saturated carbocycles. The average Bonchev–Trinajstić information content (AvgIpc) is 2.96. The average molecular weight is 239 g/mol. The summed E-state index contributed by atoms with van der Waals surface area (Å²) in [6.07, 6.45) is 1.45. The van der Waals surface area contributed by atoms with E-state index in [1.54, 1.807) is 0 Å². The smallest absolute Gasteiger partial charge is 0.314 e. The molecule has 0 atom stereocenters. The van der Waals surface area contributed by atoms with Crippen LogP contribution in [0.15, 0.2) is 6.07 Å². The molecule has 3 heteroatoms. The quantitative estimate of drug-likeness (QED) is 0.858. The van der Waals surface area contributed by atoms with Crippen molar-refractivity contribution in [3.63, 3.8) is 0 Å². The highest BCUT2D eigenvalue weighted by molar-refractivity contribution is 6.32. The van der Waals surface area contributed by atoms with Crippen molar-refractivity contribution in [3.05, 3.63) is 33.3 Å². The molecule has 1 aliphatic rings. The van der Waals surface area contributed by atoms with Gasteiger partial charge in [-0.3, -0.25) is 4.79 Å². The van der Waals surface area contributed by atoms with E-state index in [0.717, 1.165) is 35.1 Å². The summed E-state index contributed by atoms with van der Waals surface area (Å²) in [5.74, 6) is -0.724. The van der Waals surface area contributed by atoms with Crippen LogP contribution >= 0.6 is 11.6 Å². The number of halogens is 1. The molecule has 1 aromatic rings. The normalized spacial score (nSPS) is 17.2. The van der Waals surface area contributed by atoms with Crippen LogP contribution in [0.3, 0.4) is 0 Å². The summed E-state index contributed by atoms with van der Waals surface area (Å²) in [6.45, 7) is 5.84. The van der Waals surface area contributed by atoms with Gasteiger partial charge >= 0.3 is 5.97 Å². The molecule has 2 nitrogen and oxygen atoms in total. The first-order valence-corrected chi connectivity index (χ1v) is 5.78. The predicted molar refractivity (Wildman–Crippen MR) is 64.2 cm³/mol. The lowest BCUT2D eigenvalue weighted by atomic mass is 9.87. The molecule has 0 saturated heterocycles. The van der Waals surface area contributed by atoms with E-state index in [0.29, 0.717) is 5.02 Å². The summed E-state index contributed by atoms with van der Waals surface area (Å²) in [6, 6.07) is 1.98. The Labute approximate surface area is 100 Å². The Morgan fingerprint density at radius 2 is 1.88 bits per heavy atom. The Morgan fingerprint density at radius 1 is 1.31 bits per heavy atom. The SMILES string of the molecule is Cc1cc(C)c(C2(C(=O)O)CC2)c(C)c1Cl. The number of rotatable bonds is 2. The number of aryl methyl sites for hydroxylation is 2. The first-order chi connectivity index (χ1) is 7.40. The van der Waals surface area contributed by atoms with Crippen molar-refractivity contribution in [1.29, 1.82) is 0 Å². The molecule has 0 amide bonds. The Morgan fingerprint density at radius 3 is 2.31 bits per heavy atom. The fourth-order valence-electron chi connectivity index (χ4n) is 2.59. The van der Waals surface area contributed by atoms with E-state index in [1.165, 1.54) is 0 Å². The van der Waals surface area contributed by atoms with Crippen LogP contribution in [-0.4, -0.2) is 11.1 Å². The molecule has 16 heavy (non-hydrogen) atoms. The highest BCUT2D eigenvalue weighted by Gasteiger charge is 2.53. The molecular weight excluding hydrogens is 224 g/mol. The third-order valence-corrected chi connectivity index (χ3v) is 4.10. The fourth-order valence-corrected chi connectivity index (χ4v) is 2.74. The van der Waals surface area contributed by atoms with Crippen molar-refractivity contribution in [2.45, 2.75) is 39.0 Å². The molecule has 1 aliphatic carbocycles. The topological polar surface area (TPSA) is 37.3 Å². The van der Waals surface area contributed by atoms with Gasteiger partial charge in [-0.05, 0) is 55.9 Å². The first kappa shape index (κ1) is 11.5. The number of hydrogen-bond acceptors (Lipinski definition) is 1. The van der Waals surface area contributed by atoms with Gasteiger partial charge in [0.1, 0.15) is 0 Å². The van der Waals surface area contributed by atoms with E-state index in [9.17, 15) is 9.90 Å². The zero-order valence-corrected chi connectivity index (χ0v) is 10.5. The van der Waals surface area contributed by atoms with Gasteiger partial charge in [0.15, 0.2) is 0 Å². The van der Waals surface area contributed by atoms with Gasteiger partial charge in [-0.2, -0.15) is 0 Å². The van der Waals surface area contributed by atoms with Crippen LogP contribution in [0.1, 0.15) is 35.1 Å². The van der Waals surface area contributed by atoms with Crippen molar-refractivity contribution in [2.75, 3.05) is 0 Å². The molecule has 86 valence electrons. The zero-order chi connectivity index (χ0) is 12.1. The second-order valence-electron chi connectivity index (χ2n) is 4.71. The second-order valence-corrected chi connectivity index (χ2v) is 5.09. The van der Waals surface area contributed by atoms with Crippen LogP contribution in [0.4, 0.5) is 0 Å². The van der Waals surface area contributed by atoms with Gasteiger partial charge in [-0.15, -0.1) is 0 Å². The van der Waals surface area contributed by atoms with Crippen molar-refractivity contribution in [2.24, 2.45) is 0 Å². The van der Waals surface area contributed by atoms with Crippen LogP contribution in [0, 0.1) is 20.8 Å². The monoisotopic (exact) mass is 238 g/mol. The summed E-state index contributed by atoms with van der Waals surface area (Å²) in [7, 11) is 0. The minimum absolute atomic E-state index is 0.661. The molecular formula is C13H15ClO2. The maximum atomic E-state index is 11.3. The van der Waals surface area contributed by atoms with Gasteiger partial charge in [-0.25, -0.2) is 0 Å². The molecule has 1 N–H and O–H groups in total. The summed E-state index contributed by atoms with van der Waals surface area (Å²) in [5.41, 5.74) is 3.25. The van der Waals surface area contributed by atoms with E-state index in [4.69, 9.17) is 11.6 Å². The van der Waals surface area contributed by atoms with E-state index >= 15 is 0 Å². The highest BCUT2D eigenvalue weighted by atomic mass is 35.5. The summed E-state index contributed by atoms with van der Waals surface area (Å²) < 4.78 is 0. The lowest BCUT2D eigenvalue weighted by Gasteiger charge is -2.19. The first-order valence-electron chi connectivity index (χ1n) is 5.40. The lowest BCUT2D eigenvalue weighted by Crippen LogP contribution is -2.22. The van der Waals surface area contributed by atoms with E-state index in [1.807, 2.05) is 26.8 Å². The number of hydrogen-bond donors (Lipinski definition) is 1. The van der Waals surface area contributed by atoms with Gasteiger partial charge in [-0.1, -0.05) is 17.7 Å². The van der Waals surface area contributed by atoms with E-state index in [2.05, 4.69) is 0 Å². The molecule has 0 aliphatic heterocycles. The van der Waals surface area contributed by atoms with Crippen LogP contribution in [0.2, 0.25) is 5.02 Å². The molecule has 0 unspecified atom stereocenters. The van der Waals surface area contributed by atoms with Crippen LogP contribution in [0.25, 0.3) is 0 Å². The third kappa shape index (κ3) is 1.44. The van der Waals surface area contributed by atoms with Crippen molar-refractivity contribution in [3.8, 4) is 0 Å². The van der Waals surface area contributed by atoms with Crippen LogP contribution in [-0.2, 0) is 10.2 Å². The molecule has 0 radical (unpaired) electrons. The number of aliphatic carboxylic acids is 1. The zero-order valence-electron chi connectivity index (χ0n) is 9.72. The summed E-state index contributed by atoms with van der Waals surface area (Å²) in [4.78, 5) is 11.3. The summed E-state index contributed by atoms with van der Waals surface area (Å²) in [5, 5.41) is 10.0. The molecule has 1 aromatic carbocycles. The van der Waals surface area contributed by atoms with Crippen LogP contribution < -0.4 is 0 Å². The van der Waals surface area contributed by atoms with Gasteiger partial charge in [0.25, 0.3) is 0 Å². The number of benzene rings is 1. The standard InChI is InChI=1S/C13H15ClO2/c1-7-6-8(2)11(14)9(3)10(7)13(4-5-13)12(15)16/h6H,4-5H2,1-3H3,(H,15,16). The maximum Gasteiger partial charge on any atom is 0.314 e. The molecule has 0 aromatic heterocycles.